The number of fused-ring (bicyclic) bond motifs is 1. The van der Waals surface area contributed by atoms with E-state index in [1.54, 1.807) is 9.47 Å². The van der Waals surface area contributed by atoms with Crippen molar-refractivity contribution in [1.29, 1.82) is 0 Å². The highest BCUT2D eigenvalue weighted by atomic mass is 35.5. The number of para-hydroxylation sites is 1. The molecule has 1 aromatic heterocycles. The summed E-state index contributed by atoms with van der Waals surface area (Å²) in [7, 11) is 1.83. The van der Waals surface area contributed by atoms with Gasteiger partial charge in [0, 0.05) is 31.0 Å². The van der Waals surface area contributed by atoms with Gasteiger partial charge in [0.1, 0.15) is 5.69 Å². The molecule has 1 heterocycles. The molecule has 2 rings (SSSR count). The smallest absolute Gasteiger partial charge is 0.272 e. The van der Waals surface area contributed by atoms with E-state index in [-0.39, 0.29) is 12.5 Å². The zero-order valence-electron chi connectivity index (χ0n) is 11.1. The van der Waals surface area contributed by atoms with Gasteiger partial charge < -0.3 is 14.6 Å². The summed E-state index contributed by atoms with van der Waals surface area (Å²) in [5.74, 6) is -0.153. The van der Waals surface area contributed by atoms with E-state index in [1.807, 2.05) is 38.2 Å². The van der Waals surface area contributed by atoms with Crippen molar-refractivity contribution in [3.05, 3.63) is 35.0 Å². The van der Waals surface area contributed by atoms with Gasteiger partial charge in [-0.05, 0) is 13.0 Å². The Morgan fingerprint density at radius 3 is 2.68 bits per heavy atom. The van der Waals surface area contributed by atoms with E-state index in [4.69, 9.17) is 16.7 Å². The molecule has 0 saturated heterocycles. The van der Waals surface area contributed by atoms with E-state index < -0.39 is 0 Å². The number of aliphatic hydroxyl groups is 1. The average molecular weight is 281 g/mol. The summed E-state index contributed by atoms with van der Waals surface area (Å²) in [6, 6.07) is 7.64. The number of hydrogen-bond donors (Lipinski definition) is 1. The number of hydrogen-bond acceptors (Lipinski definition) is 2. The normalized spacial score (nSPS) is 10.9. The summed E-state index contributed by atoms with van der Waals surface area (Å²) in [5, 5.41) is 10.4. The zero-order chi connectivity index (χ0) is 14.0. The number of benzene rings is 1. The lowest BCUT2D eigenvalue weighted by Gasteiger charge is -2.20. The first-order valence-electron chi connectivity index (χ1n) is 6.24. The number of aliphatic hydroxyl groups excluding tert-OH is 1. The van der Waals surface area contributed by atoms with Gasteiger partial charge >= 0.3 is 0 Å². The SMILES string of the molecule is CCN(CCO)C(=O)c1c(Cl)c2ccccc2n1C. The number of amides is 1. The maximum atomic E-state index is 12.5. The van der Waals surface area contributed by atoms with Crippen molar-refractivity contribution in [2.45, 2.75) is 6.92 Å². The summed E-state index contributed by atoms with van der Waals surface area (Å²) in [5.41, 5.74) is 1.40. The van der Waals surface area contributed by atoms with Gasteiger partial charge in [0.15, 0.2) is 0 Å². The highest BCUT2D eigenvalue weighted by Gasteiger charge is 2.23. The number of halogens is 1. The predicted octanol–water partition coefficient (Wildman–Crippen LogP) is 2.29. The van der Waals surface area contributed by atoms with Crippen molar-refractivity contribution in [3.63, 3.8) is 0 Å². The van der Waals surface area contributed by atoms with E-state index in [0.29, 0.717) is 23.8 Å². The van der Waals surface area contributed by atoms with Gasteiger partial charge in [-0.15, -0.1) is 0 Å². The van der Waals surface area contributed by atoms with Crippen LogP contribution in [0.2, 0.25) is 5.02 Å². The molecule has 0 atom stereocenters. The summed E-state index contributed by atoms with van der Waals surface area (Å²) >= 11 is 6.33. The molecule has 1 N–H and O–H groups in total. The zero-order valence-corrected chi connectivity index (χ0v) is 11.8. The molecule has 0 radical (unpaired) electrons. The quantitative estimate of drug-likeness (QED) is 0.934. The average Bonchev–Trinajstić information content (AvgIpc) is 2.68. The van der Waals surface area contributed by atoms with Crippen LogP contribution in [0.25, 0.3) is 10.9 Å². The summed E-state index contributed by atoms with van der Waals surface area (Å²) in [6.45, 7) is 2.68. The first-order valence-corrected chi connectivity index (χ1v) is 6.62. The van der Waals surface area contributed by atoms with Crippen LogP contribution in [-0.4, -0.2) is 40.2 Å². The number of nitrogens with zero attached hydrogens (tertiary/aromatic N) is 2. The topological polar surface area (TPSA) is 45.5 Å². The monoisotopic (exact) mass is 280 g/mol. The third-order valence-electron chi connectivity index (χ3n) is 3.29. The van der Waals surface area contributed by atoms with Gasteiger partial charge in [-0.2, -0.15) is 0 Å². The highest BCUT2D eigenvalue weighted by molar-refractivity contribution is 6.38. The molecule has 0 bridgehead atoms. The van der Waals surface area contributed by atoms with Crippen LogP contribution in [0.4, 0.5) is 0 Å². The Kier molecular flexibility index (Phi) is 4.12. The minimum absolute atomic E-state index is 0.0544. The molecule has 0 unspecified atom stereocenters. The van der Waals surface area contributed by atoms with Gasteiger partial charge in [-0.25, -0.2) is 0 Å². The molecule has 0 aliphatic rings. The van der Waals surface area contributed by atoms with Gasteiger partial charge in [0.2, 0.25) is 0 Å². The minimum Gasteiger partial charge on any atom is -0.395 e. The molecule has 0 fully saturated rings. The molecule has 102 valence electrons. The Morgan fingerprint density at radius 1 is 1.42 bits per heavy atom. The summed E-state index contributed by atoms with van der Waals surface area (Å²) in [6.07, 6.45) is 0. The Hall–Kier alpha value is -1.52. The summed E-state index contributed by atoms with van der Waals surface area (Å²) in [4.78, 5) is 14.1. The lowest BCUT2D eigenvalue weighted by Crippen LogP contribution is -2.34. The molecule has 0 saturated carbocycles. The van der Waals surface area contributed by atoms with Gasteiger partial charge in [-0.3, -0.25) is 4.79 Å². The standard InChI is InChI=1S/C14H17ClN2O2/c1-3-17(8-9-18)14(19)13-12(15)10-6-4-5-7-11(10)16(13)2/h4-7,18H,3,8-9H2,1-2H3. The molecule has 19 heavy (non-hydrogen) atoms. The molecule has 0 aliphatic carbocycles. The van der Waals surface area contributed by atoms with Crippen LogP contribution >= 0.6 is 11.6 Å². The van der Waals surface area contributed by atoms with Crippen LogP contribution < -0.4 is 0 Å². The van der Waals surface area contributed by atoms with Crippen molar-refractivity contribution in [1.82, 2.24) is 9.47 Å². The van der Waals surface area contributed by atoms with Crippen LogP contribution in [0.3, 0.4) is 0 Å². The number of carbonyl (C=O) groups is 1. The number of rotatable bonds is 4. The van der Waals surface area contributed by atoms with Crippen molar-refractivity contribution in [2.75, 3.05) is 19.7 Å². The third-order valence-corrected chi connectivity index (χ3v) is 3.67. The van der Waals surface area contributed by atoms with E-state index >= 15 is 0 Å². The maximum absolute atomic E-state index is 12.5. The third kappa shape index (κ3) is 2.33. The van der Waals surface area contributed by atoms with E-state index in [0.717, 1.165) is 10.9 Å². The second-order valence-corrected chi connectivity index (χ2v) is 4.73. The van der Waals surface area contributed by atoms with Gasteiger partial charge in [0.25, 0.3) is 5.91 Å². The first-order chi connectivity index (χ1) is 9.11. The fourth-order valence-electron chi connectivity index (χ4n) is 2.26. The van der Waals surface area contributed by atoms with Crippen molar-refractivity contribution in [3.8, 4) is 0 Å². The minimum atomic E-state index is -0.153. The number of carbonyl (C=O) groups excluding carboxylic acids is 1. The molecule has 4 nitrogen and oxygen atoms in total. The van der Waals surface area contributed by atoms with Crippen molar-refractivity contribution in [2.24, 2.45) is 7.05 Å². The Labute approximate surface area is 117 Å². The van der Waals surface area contributed by atoms with E-state index in [1.165, 1.54) is 0 Å². The molecule has 1 aromatic carbocycles. The Balaban J connectivity index is 2.53. The fraction of sp³-hybridized carbons (Fsp3) is 0.357. The van der Waals surface area contributed by atoms with Crippen molar-refractivity contribution >= 4 is 28.4 Å². The molecule has 2 aromatic rings. The van der Waals surface area contributed by atoms with E-state index in [9.17, 15) is 4.79 Å². The predicted molar refractivity (Wildman–Crippen MR) is 76.6 cm³/mol. The Bertz CT molecular complexity index is 568. The van der Waals surface area contributed by atoms with E-state index in [2.05, 4.69) is 0 Å². The number of aryl methyl sites for hydroxylation is 1. The van der Waals surface area contributed by atoms with Crippen LogP contribution in [0.15, 0.2) is 24.3 Å². The summed E-state index contributed by atoms with van der Waals surface area (Å²) < 4.78 is 1.81. The van der Waals surface area contributed by atoms with Crippen LogP contribution in [0, 0.1) is 0 Å². The maximum Gasteiger partial charge on any atom is 0.272 e. The second kappa shape index (κ2) is 5.63. The molecule has 0 spiro atoms. The molecule has 5 heteroatoms. The van der Waals surface area contributed by atoms with Crippen LogP contribution in [0.1, 0.15) is 17.4 Å². The fourth-order valence-corrected chi connectivity index (χ4v) is 2.63. The second-order valence-electron chi connectivity index (χ2n) is 4.35. The molecular weight excluding hydrogens is 264 g/mol. The number of aromatic nitrogens is 1. The number of likely N-dealkylation sites (N-methyl/N-ethyl adjacent to an activating group) is 1. The Morgan fingerprint density at radius 2 is 2.11 bits per heavy atom. The molecular formula is C14H17ClN2O2. The van der Waals surface area contributed by atoms with Gasteiger partial charge in [0.05, 0.1) is 11.6 Å². The van der Waals surface area contributed by atoms with Crippen molar-refractivity contribution < 1.29 is 9.90 Å². The highest BCUT2D eigenvalue weighted by Crippen LogP contribution is 2.30. The van der Waals surface area contributed by atoms with Crippen LogP contribution in [0.5, 0.6) is 0 Å². The van der Waals surface area contributed by atoms with Crippen LogP contribution in [-0.2, 0) is 7.05 Å². The largest absolute Gasteiger partial charge is 0.395 e. The molecule has 0 aliphatic heterocycles. The lowest BCUT2D eigenvalue weighted by molar-refractivity contribution is 0.0723. The lowest BCUT2D eigenvalue weighted by atomic mass is 10.2. The molecule has 1 amide bonds. The first kappa shape index (κ1) is 13.9. The van der Waals surface area contributed by atoms with Gasteiger partial charge in [-0.1, -0.05) is 29.8 Å².